The van der Waals surface area contributed by atoms with Gasteiger partial charge in [-0.15, -0.1) is 0 Å². The summed E-state index contributed by atoms with van der Waals surface area (Å²) in [6.07, 6.45) is 20.7. The average molecular weight is 192 g/mol. The van der Waals surface area contributed by atoms with E-state index < -0.39 is 0 Å². The van der Waals surface area contributed by atoms with Crippen LogP contribution in [0, 0.1) is 0 Å². The van der Waals surface area contributed by atoms with Gasteiger partial charge in [0.25, 0.3) is 0 Å². The van der Waals surface area contributed by atoms with Crippen LogP contribution in [0.5, 0.6) is 0 Å². The summed E-state index contributed by atoms with van der Waals surface area (Å²) >= 11 is 0. The first-order valence-electron chi connectivity index (χ1n) is 5.83. The minimum absolute atomic E-state index is 1.08. The molecule has 0 aliphatic rings. The third-order valence-corrected chi connectivity index (χ3v) is 2.07. The number of unbranched alkanes of at least 4 members (excludes halogenated alkanes) is 3. The summed E-state index contributed by atoms with van der Waals surface area (Å²) in [4.78, 5) is 0. The van der Waals surface area contributed by atoms with Gasteiger partial charge in [-0.2, -0.15) is 0 Å². The van der Waals surface area contributed by atoms with Gasteiger partial charge >= 0.3 is 0 Å². The Hall–Kier alpha value is -0.780. The normalized spacial score (nSPS) is 12.4. The molecule has 0 spiro atoms. The molecule has 0 N–H and O–H groups in total. The van der Waals surface area contributed by atoms with Gasteiger partial charge in [0, 0.05) is 0 Å². The molecule has 0 aromatic carbocycles. The lowest BCUT2D eigenvalue weighted by molar-refractivity contribution is 0.811. The Balaban J connectivity index is 3.19. The average Bonchev–Trinajstić information content (AvgIpc) is 2.21. The number of hydrogen-bond donors (Lipinski definition) is 0. The first-order chi connectivity index (χ1) is 6.91. The van der Waals surface area contributed by atoms with Crippen LogP contribution in [-0.4, -0.2) is 0 Å². The molecule has 14 heavy (non-hydrogen) atoms. The molecule has 0 rings (SSSR count). The molecule has 0 nitrogen and oxygen atoms in total. The molecule has 0 heteroatoms. The van der Waals surface area contributed by atoms with Crippen molar-refractivity contribution in [3.05, 3.63) is 36.5 Å². The van der Waals surface area contributed by atoms with Crippen molar-refractivity contribution in [1.29, 1.82) is 0 Å². The Kier molecular flexibility index (Phi) is 11.5. The largest absolute Gasteiger partial charge is 0.0914 e. The van der Waals surface area contributed by atoms with Crippen LogP contribution in [-0.2, 0) is 0 Å². The van der Waals surface area contributed by atoms with Crippen molar-refractivity contribution < 1.29 is 0 Å². The monoisotopic (exact) mass is 192 g/mol. The molecule has 0 aliphatic carbocycles. The molecule has 0 bridgehead atoms. The molecule has 0 atom stereocenters. The van der Waals surface area contributed by atoms with Crippen molar-refractivity contribution in [3.8, 4) is 0 Å². The van der Waals surface area contributed by atoms with E-state index in [9.17, 15) is 0 Å². The van der Waals surface area contributed by atoms with E-state index in [2.05, 4.69) is 50.3 Å². The van der Waals surface area contributed by atoms with E-state index in [4.69, 9.17) is 0 Å². The third-order valence-electron chi connectivity index (χ3n) is 2.07. The maximum absolute atomic E-state index is 2.31. The summed E-state index contributed by atoms with van der Waals surface area (Å²) in [6, 6.07) is 0. The Labute approximate surface area is 89.4 Å². The van der Waals surface area contributed by atoms with Crippen LogP contribution in [0.25, 0.3) is 0 Å². The third kappa shape index (κ3) is 11.2. The number of allylic oxidation sites excluding steroid dienone is 6. The SMILES string of the molecule is C/C=C\C/C=C\CC/C=C\CCCC. The van der Waals surface area contributed by atoms with Crippen molar-refractivity contribution >= 4 is 0 Å². The van der Waals surface area contributed by atoms with Gasteiger partial charge in [-0.25, -0.2) is 0 Å². The van der Waals surface area contributed by atoms with Gasteiger partial charge in [0.1, 0.15) is 0 Å². The standard InChI is InChI=1S/C14H24/c1-3-5-7-9-11-13-14-12-10-8-6-4-2/h3,5,9-12H,4,6-8,13-14H2,1-2H3/b5-3-,11-9-,12-10-. The molecule has 0 fully saturated rings. The lowest BCUT2D eigenvalue weighted by Crippen LogP contribution is -1.68. The fraction of sp³-hybridized carbons (Fsp3) is 0.571. The highest BCUT2D eigenvalue weighted by Crippen LogP contribution is 1.99. The molecule has 0 unspecified atom stereocenters. The molecular formula is C14H24. The predicted octanol–water partition coefficient (Wildman–Crippen LogP) is 5.04. The summed E-state index contributed by atoms with van der Waals surface area (Å²) in [5.41, 5.74) is 0. The van der Waals surface area contributed by atoms with Gasteiger partial charge in [0.05, 0.1) is 0 Å². The fourth-order valence-electron chi connectivity index (χ4n) is 1.18. The quantitative estimate of drug-likeness (QED) is 0.373. The smallest absolute Gasteiger partial charge is 0.0169 e. The van der Waals surface area contributed by atoms with Gasteiger partial charge in [-0.3, -0.25) is 0 Å². The molecule has 0 aliphatic heterocycles. The van der Waals surface area contributed by atoms with Gasteiger partial charge in [-0.1, -0.05) is 56.2 Å². The van der Waals surface area contributed by atoms with Crippen LogP contribution in [0.1, 0.15) is 52.4 Å². The Morgan fingerprint density at radius 2 is 1.43 bits per heavy atom. The Morgan fingerprint density at radius 1 is 0.786 bits per heavy atom. The number of rotatable bonds is 8. The van der Waals surface area contributed by atoms with Crippen LogP contribution in [0.15, 0.2) is 36.5 Å². The van der Waals surface area contributed by atoms with Crippen LogP contribution in [0.2, 0.25) is 0 Å². The van der Waals surface area contributed by atoms with E-state index in [1.54, 1.807) is 0 Å². The summed E-state index contributed by atoms with van der Waals surface area (Å²) in [5.74, 6) is 0. The second kappa shape index (κ2) is 12.2. The molecule has 0 heterocycles. The Morgan fingerprint density at radius 3 is 2.07 bits per heavy atom. The summed E-state index contributed by atoms with van der Waals surface area (Å²) < 4.78 is 0. The molecular weight excluding hydrogens is 168 g/mol. The topological polar surface area (TPSA) is 0 Å². The van der Waals surface area contributed by atoms with Crippen molar-refractivity contribution in [2.24, 2.45) is 0 Å². The van der Waals surface area contributed by atoms with Gasteiger partial charge in [0.15, 0.2) is 0 Å². The zero-order valence-electron chi connectivity index (χ0n) is 9.71. The lowest BCUT2D eigenvalue weighted by Gasteiger charge is -1.89. The van der Waals surface area contributed by atoms with E-state index in [1.807, 2.05) is 0 Å². The van der Waals surface area contributed by atoms with E-state index in [1.165, 1.54) is 32.1 Å². The van der Waals surface area contributed by atoms with Crippen LogP contribution in [0.4, 0.5) is 0 Å². The highest BCUT2D eigenvalue weighted by molar-refractivity contribution is 4.93. The molecule has 0 saturated carbocycles. The second-order valence-corrected chi connectivity index (χ2v) is 3.47. The number of hydrogen-bond acceptors (Lipinski definition) is 0. The van der Waals surface area contributed by atoms with E-state index in [0.717, 1.165) is 6.42 Å². The van der Waals surface area contributed by atoms with Crippen LogP contribution < -0.4 is 0 Å². The predicted molar refractivity (Wildman–Crippen MR) is 66.5 cm³/mol. The van der Waals surface area contributed by atoms with Crippen LogP contribution in [0.3, 0.4) is 0 Å². The van der Waals surface area contributed by atoms with Crippen LogP contribution >= 0.6 is 0 Å². The van der Waals surface area contributed by atoms with Gasteiger partial charge in [-0.05, 0) is 32.6 Å². The van der Waals surface area contributed by atoms with Crippen molar-refractivity contribution in [2.75, 3.05) is 0 Å². The lowest BCUT2D eigenvalue weighted by atomic mass is 10.2. The molecule has 0 aromatic rings. The zero-order chi connectivity index (χ0) is 10.5. The molecule has 0 radical (unpaired) electrons. The fourth-order valence-corrected chi connectivity index (χ4v) is 1.18. The minimum atomic E-state index is 1.08. The first-order valence-corrected chi connectivity index (χ1v) is 5.83. The van der Waals surface area contributed by atoms with E-state index in [-0.39, 0.29) is 0 Å². The molecule has 80 valence electrons. The summed E-state index contributed by atoms with van der Waals surface area (Å²) in [5, 5.41) is 0. The molecule has 0 aromatic heterocycles. The molecule has 0 saturated heterocycles. The molecule has 0 amide bonds. The van der Waals surface area contributed by atoms with Crippen molar-refractivity contribution in [2.45, 2.75) is 52.4 Å². The van der Waals surface area contributed by atoms with Crippen molar-refractivity contribution in [1.82, 2.24) is 0 Å². The maximum atomic E-state index is 2.31. The van der Waals surface area contributed by atoms with E-state index in [0.29, 0.717) is 0 Å². The van der Waals surface area contributed by atoms with E-state index >= 15 is 0 Å². The van der Waals surface area contributed by atoms with Gasteiger partial charge in [0.2, 0.25) is 0 Å². The second-order valence-electron chi connectivity index (χ2n) is 3.47. The zero-order valence-corrected chi connectivity index (χ0v) is 9.71. The Bertz CT molecular complexity index is 172. The van der Waals surface area contributed by atoms with Crippen molar-refractivity contribution in [3.63, 3.8) is 0 Å². The summed E-state index contributed by atoms with van der Waals surface area (Å²) in [6.45, 7) is 4.29. The highest BCUT2D eigenvalue weighted by Gasteiger charge is 1.78. The first kappa shape index (κ1) is 13.2. The maximum Gasteiger partial charge on any atom is -0.0169 e. The highest BCUT2D eigenvalue weighted by atomic mass is 13.9. The minimum Gasteiger partial charge on any atom is -0.0914 e. The van der Waals surface area contributed by atoms with Gasteiger partial charge < -0.3 is 0 Å². The summed E-state index contributed by atoms with van der Waals surface area (Å²) in [7, 11) is 0.